The summed E-state index contributed by atoms with van der Waals surface area (Å²) >= 11 is 0. The highest BCUT2D eigenvalue weighted by atomic mass is 16.2. The van der Waals surface area contributed by atoms with E-state index in [1.54, 1.807) is 6.20 Å². The molecule has 0 unspecified atom stereocenters. The van der Waals surface area contributed by atoms with Gasteiger partial charge in [0.2, 0.25) is 5.91 Å². The Hall–Kier alpha value is -3.48. The maximum Gasteiger partial charge on any atom is 0.275 e. The van der Waals surface area contributed by atoms with Crippen LogP contribution in [0.15, 0.2) is 48.7 Å². The molecule has 1 fully saturated rings. The van der Waals surface area contributed by atoms with Gasteiger partial charge >= 0.3 is 0 Å². The number of rotatable bonds is 5. The largest absolute Gasteiger partial charge is 0.338 e. The normalized spacial score (nSPS) is 17.3. The van der Waals surface area contributed by atoms with Crippen LogP contribution in [-0.2, 0) is 37.3 Å². The van der Waals surface area contributed by atoms with Crippen molar-refractivity contribution in [3.8, 4) is 0 Å². The third kappa shape index (κ3) is 4.11. The molecule has 1 aromatic carbocycles. The maximum atomic E-state index is 13.7. The molecule has 0 radical (unpaired) electrons. The molecule has 3 aromatic rings. The van der Waals surface area contributed by atoms with Gasteiger partial charge in [-0.2, -0.15) is 5.10 Å². The molecule has 0 N–H and O–H groups in total. The number of hydrogen-bond donors (Lipinski definition) is 0. The van der Waals surface area contributed by atoms with Crippen LogP contribution in [0, 0.1) is 5.92 Å². The van der Waals surface area contributed by atoms with Gasteiger partial charge < -0.3 is 9.80 Å². The van der Waals surface area contributed by atoms with Crippen molar-refractivity contribution in [2.75, 3.05) is 13.1 Å². The van der Waals surface area contributed by atoms with Crippen molar-refractivity contribution >= 4 is 11.8 Å². The molecule has 2 aliphatic heterocycles. The zero-order chi connectivity index (χ0) is 23.1. The van der Waals surface area contributed by atoms with E-state index in [-0.39, 0.29) is 11.8 Å². The van der Waals surface area contributed by atoms with Crippen molar-refractivity contribution in [2.24, 2.45) is 5.92 Å². The van der Waals surface area contributed by atoms with Gasteiger partial charge in [-0.25, -0.2) is 0 Å². The molecule has 0 bridgehead atoms. The Labute approximate surface area is 199 Å². The summed E-state index contributed by atoms with van der Waals surface area (Å²) in [5, 5.41) is 4.83. The lowest BCUT2D eigenvalue weighted by atomic mass is 9.98. The average molecular weight is 456 g/mol. The van der Waals surface area contributed by atoms with Crippen molar-refractivity contribution < 1.29 is 9.59 Å². The van der Waals surface area contributed by atoms with E-state index in [1.165, 1.54) is 11.1 Å². The monoisotopic (exact) mass is 455 g/mol. The van der Waals surface area contributed by atoms with Crippen LogP contribution in [0.5, 0.6) is 0 Å². The zero-order valence-electron chi connectivity index (χ0n) is 19.3. The zero-order valence-corrected chi connectivity index (χ0v) is 19.3. The van der Waals surface area contributed by atoms with Crippen LogP contribution in [0.3, 0.4) is 0 Å². The average Bonchev–Trinajstić information content (AvgIpc) is 3.63. The van der Waals surface area contributed by atoms with Crippen LogP contribution < -0.4 is 0 Å². The molecule has 0 saturated heterocycles. The van der Waals surface area contributed by atoms with Gasteiger partial charge in [0.05, 0.1) is 12.2 Å². The fourth-order valence-corrected chi connectivity index (χ4v) is 5.17. The summed E-state index contributed by atoms with van der Waals surface area (Å²) in [6.45, 7) is 2.95. The molecule has 7 heteroatoms. The van der Waals surface area contributed by atoms with E-state index in [4.69, 9.17) is 5.10 Å². The van der Waals surface area contributed by atoms with E-state index in [1.807, 2.05) is 38.7 Å². The van der Waals surface area contributed by atoms with Gasteiger partial charge in [-0.3, -0.25) is 19.3 Å². The summed E-state index contributed by atoms with van der Waals surface area (Å²) in [6, 6.07) is 14.2. The highest BCUT2D eigenvalue weighted by molar-refractivity contribution is 5.94. The molecule has 2 aromatic heterocycles. The fourth-order valence-electron chi connectivity index (χ4n) is 5.17. The van der Waals surface area contributed by atoms with Gasteiger partial charge in [0.25, 0.3) is 5.91 Å². The minimum absolute atomic E-state index is 0.0398. The number of carbonyl (C=O) groups is 2. The van der Waals surface area contributed by atoms with Crippen molar-refractivity contribution in [2.45, 2.75) is 51.7 Å². The summed E-state index contributed by atoms with van der Waals surface area (Å²) in [5.41, 5.74) is 5.88. The number of fused-ring (bicyclic) bond motifs is 2. The standard InChI is InChI=1S/C27H29N5O2/c33-25(15-19-8-9-19)30-14-11-24-23(18-30)26(29-32(24)17-22-7-3-4-12-28-22)27(34)31-13-10-20-5-1-2-6-21(20)16-31/h1-7,12,19H,8-11,13-18H2. The first-order valence-electron chi connectivity index (χ1n) is 12.3. The minimum Gasteiger partial charge on any atom is -0.338 e. The molecule has 1 aliphatic carbocycles. The number of aromatic nitrogens is 3. The van der Waals surface area contributed by atoms with Gasteiger partial charge in [0.15, 0.2) is 5.69 Å². The lowest BCUT2D eigenvalue weighted by Gasteiger charge is -2.30. The SMILES string of the molecule is O=C(CC1CC1)N1CCc2c(c(C(=O)N3CCc4ccccc4C3)nn2Cc2ccccn2)C1. The Morgan fingerprint density at radius 1 is 0.912 bits per heavy atom. The van der Waals surface area contributed by atoms with Crippen molar-refractivity contribution in [1.82, 2.24) is 24.6 Å². The topological polar surface area (TPSA) is 71.3 Å². The first-order valence-corrected chi connectivity index (χ1v) is 12.3. The first kappa shape index (κ1) is 21.1. The van der Waals surface area contributed by atoms with Crippen molar-refractivity contribution in [1.29, 1.82) is 0 Å². The summed E-state index contributed by atoms with van der Waals surface area (Å²) in [5.74, 6) is 0.716. The van der Waals surface area contributed by atoms with Gasteiger partial charge in [-0.15, -0.1) is 0 Å². The van der Waals surface area contributed by atoms with Crippen molar-refractivity contribution in [3.05, 3.63) is 82.4 Å². The molecular formula is C27H29N5O2. The van der Waals surface area contributed by atoms with Gasteiger partial charge in [0.1, 0.15) is 0 Å². The van der Waals surface area contributed by atoms with Crippen LogP contribution in [0.1, 0.15) is 57.8 Å². The second kappa shape index (κ2) is 8.70. The molecule has 6 rings (SSSR count). The van der Waals surface area contributed by atoms with Crippen LogP contribution >= 0.6 is 0 Å². The number of nitrogens with zero attached hydrogens (tertiary/aromatic N) is 5. The Morgan fingerprint density at radius 2 is 1.71 bits per heavy atom. The number of carbonyl (C=O) groups excluding carboxylic acids is 2. The van der Waals surface area contributed by atoms with E-state index in [9.17, 15) is 9.59 Å². The van der Waals surface area contributed by atoms with Gasteiger partial charge in [0, 0.05) is 56.5 Å². The van der Waals surface area contributed by atoms with Crippen LogP contribution in [0.25, 0.3) is 0 Å². The molecule has 1 saturated carbocycles. The Morgan fingerprint density at radius 3 is 2.50 bits per heavy atom. The number of amides is 2. The Balaban J connectivity index is 1.31. The predicted molar refractivity (Wildman–Crippen MR) is 127 cm³/mol. The second-order valence-corrected chi connectivity index (χ2v) is 9.71. The molecule has 3 aliphatic rings. The van der Waals surface area contributed by atoms with E-state index >= 15 is 0 Å². The number of hydrogen-bond acceptors (Lipinski definition) is 4. The molecule has 0 spiro atoms. The number of benzene rings is 1. The quantitative estimate of drug-likeness (QED) is 0.592. The second-order valence-electron chi connectivity index (χ2n) is 9.71. The molecule has 2 amide bonds. The van der Waals surface area contributed by atoms with Crippen LogP contribution in [0.2, 0.25) is 0 Å². The minimum atomic E-state index is -0.0398. The first-order chi connectivity index (χ1) is 16.7. The Bertz CT molecular complexity index is 1230. The third-order valence-electron chi connectivity index (χ3n) is 7.31. The fraction of sp³-hybridized carbons (Fsp3) is 0.407. The van der Waals surface area contributed by atoms with Gasteiger partial charge in [-0.1, -0.05) is 30.3 Å². The summed E-state index contributed by atoms with van der Waals surface area (Å²) in [7, 11) is 0. The highest BCUT2D eigenvalue weighted by Gasteiger charge is 2.34. The van der Waals surface area contributed by atoms with Gasteiger partial charge in [-0.05, 0) is 48.4 Å². The molecule has 7 nitrogen and oxygen atoms in total. The lowest BCUT2D eigenvalue weighted by molar-refractivity contribution is -0.132. The third-order valence-corrected chi connectivity index (χ3v) is 7.31. The van der Waals surface area contributed by atoms with Crippen molar-refractivity contribution in [3.63, 3.8) is 0 Å². The van der Waals surface area contributed by atoms with E-state index in [0.717, 1.165) is 36.2 Å². The van der Waals surface area contributed by atoms with Crippen LogP contribution in [-0.4, -0.2) is 49.5 Å². The highest BCUT2D eigenvalue weighted by Crippen LogP contribution is 2.34. The smallest absolute Gasteiger partial charge is 0.275 e. The molecule has 174 valence electrons. The molecule has 0 atom stereocenters. The Kier molecular flexibility index (Phi) is 5.40. The summed E-state index contributed by atoms with van der Waals surface area (Å²) < 4.78 is 1.94. The summed E-state index contributed by atoms with van der Waals surface area (Å²) in [4.78, 5) is 34.9. The maximum absolute atomic E-state index is 13.7. The van der Waals surface area contributed by atoms with E-state index < -0.39 is 0 Å². The lowest BCUT2D eigenvalue weighted by Crippen LogP contribution is -2.39. The van der Waals surface area contributed by atoms with E-state index in [2.05, 4.69) is 23.2 Å². The summed E-state index contributed by atoms with van der Waals surface area (Å²) in [6.07, 6.45) is 6.29. The predicted octanol–water partition coefficient (Wildman–Crippen LogP) is 3.21. The molecule has 4 heterocycles. The van der Waals surface area contributed by atoms with E-state index in [0.29, 0.717) is 57.2 Å². The number of pyridine rings is 1. The molecule has 34 heavy (non-hydrogen) atoms. The molecular weight excluding hydrogens is 426 g/mol. The van der Waals surface area contributed by atoms with Crippen LogP contribution in [0.4, 0.5) is 0 Å².